The summed E-state index contributed by atoms with van der Waals surface area (Å²) in [5.41, 5.74) is 3.65. The summed E-state index contributed by atoms with van der Waals surface area (Å²) in [5, 5.41) is 9.46. The third-order valence-corrected chi connectivity index (χ3v) is 7.21. The van der Waals surface area contributed by atoms with E-state index in [-0.39, 0.29) is 17.4 Å². The minimum Gasteiger partial charge on any atom is -0.347 e. The van der Waals surface area contributed by atoms with Crippen molar-refractivity contribution in [1.82, 2.24) is 15.3 Å². The third-order valence-electron chi connectivity index (χ3n) is 7.21. The highest BCUT2D eigenvalue weighted by Gasteiger charge is 2.36. The molecule has 200 valence electrons. The molecule has 2 amide bonds. The second-order valence-corrected chi connectivity index (χ2v) is 11.1. The van der Waals surface area contributed by atoms with Gasteiger partial charge in [0.15, 0.2) is 0 Å². The average Bonchev–Trinajstić information content (AvgIpc) is 2.88. The Bertz CT molecular complexity index is 1260. The van der Waals surface area contributed by atoms with E-state index in [9.17, 15) is 9.59 Å². The average molecular weight is 514 g/mol. The first kappa shape index (κ1) is 27.3. The molecule has 3 aromatic rings. The summed E-state index contributed by atoms with van der Waals surface area (Å²) in [4.78, 5) is 33.7. The number of aromatic nitrogens is 2. The quantitative estimate of drug-likeness (QED) is 0.287. The Morgan fingerprint density at radius 1 is 1.08 bits per heavy atom. The molecule has 2 atom stereocenters. The first-order valence-electron chi connectivity index (χ1n) is 13.6. The first-order valence-corrected chi connectivity index (χ1v) is 13.6. The van der Waals surface area contributed by atoms with Gasteiger partial charge in [0, 0.05) is 41.2 Å². The molecular formula is C31H39N5O2. The molecule has 7 heteroatoms. The number of anilines is 3. The highest BCUT2D eigenvalue weighted by Crippen LogP contribution is 2.36. The molecule has 1 fully saturated rings. The van der Waals surface area contributed by atoms with Crippen molar-refractivity contribution in [3.05, 3.63) is 66.4 Å². The van der Waals surface area contributed by atoms with Crippen molar-refractivity contribution < 1.29 is 9.59 Å². The number of rotatable bonds is 9. The molecule has 38 heavy (non-hydrogen) atoms. The second-order valence-electron chi connectivity index (χ2n) is 11.1. The molecule has 0 bridgehead atoms. The monoisotopic (exact) mass is 513 g/mol. The standard InChI is InChI=1S/C31H39N5O2/c1-21(2)14-17-31(16-6-7-22(3)20-31)36-29(38)25-8-5-9-27(19-25)34-30-32-18-15-28(35-30)24-10-12-26(13-11-24)33-23(4)37/h5,8-13,15,18-19,21-22H,6-7,14,16-17,20H2,1-4H3,(H,33,37)(H,36,38)(H,32,34,35)/t22-,31?/m1/s1. The van der Waals surface area contributed by atoms with Gasteiger partial charge in [-0.2, -0.15) is 0 Å². The number of carbonyl (C=O) groups is 2. The van der Waals surface area contributed by atoms with Gasteiger partial charge in [0.25, 0.3) is 5.91 Å². The van der Waals surface area contributed by atoms with E-state index in [2.05, 4.69) is 46.7 Å². The van der Waals surface area contributed by atoms with Crippen LogP contribution in [0.25, 0.3) is 11.3 Å². The first-order chi connectivity index (χ1) is 18.2. The summed E-state index contributed by atoms with van der Waals surface area (Å²) in [6, 6.07) is 16.8. The molecule has 0 radical (unpaired) electrons. The normalized spacial score (nSPS) is 19.1. The summed E-state index contributed by atoms with van der Waals surface area (Å²) >= 11 is 0. The van der Waals surface area contributed by atoms with Crippen LogP contribution in [0.1, 0.15) is 76.6 Å². The minimum absolute atomic E-state index is 0.0274. The number of amides is 2. The molecule has 0 spiro atoms. The maximum Gasteiger partial charge on any atom is 0.251 e. The van der Waals surface area contributed by atoms with E-state index in [1.807, 2.05) is 54.6 Å². The van der Waals surface area contributed by atoms with E-state index in [1.54, 1.807) is 6.20 Å². The summed E-state index contributed by atoms with van der Waals surface area (Å²) in [6.07, 6.45) is 8.30. The van der Waals surface area contributed by atoms with E-state index >= 15 is 0 Å². The third kappa shape index (κ3) is 7.40. The number of benzene rings is 2. The van der Waals surface area contributed by atoms with Gasteiger partial charge in [0.2, 0.25) is 11.9 Å². The van der Waals surface area contributed by atoms with Crippen molar-refractivity contribution in [1.29, 1.82) is 0 Å². The van der Waals surface area contributed by atoms with Crippen LogP contribution in [-0.4, -0.2) is 27.3 Å². The van der Waals surface area contributed by atoms with Gasteiger partial charge < -0.3 is 16.0 Å². The van der Waals surface area contributed by atoms with Crippen LogP contribution in [0.4, 0.5) is 17.3 Å². The molecule has 1 saturated carbocycles. The van der Waals surface area contributed by atoms with Crippen molar-refractivity contribution in [2.75, 3.05) is 10.6 Å². The van der Waals surface area contributed by atoms with Gasteiger partial charge in [-0.05, 0) is 73.9 Å². The minimum atomic E-state index is -0.130. The Kier molecular flexibility index (Phi) is 8.77. The molecule has 3 N–H and O–H groups in total. The fourth-order valence-electron chi connectivity index (χ4n) is 5.32. The number of carbonyl (C=O) groups excluding carboxylic acids is 2. The van der Waals surface area contributed by atoms with Crippen molar-refractivity contribution in [2.45, 2.75) is 71.8 Å². The highest BCUT2D eigenvalue weighted by molar-refractivity contribution is 5.95. The Morgan fingerprint density at radius 2 is 1.87 bits per heavy atom. The van der Waals surface area contributed by atoms with Crippen molar-refractivity contribution >= 4 is 29.1 Å². The summed E-state index contributed by atoms with van der Waals surface area (Å²) < 4.78 is 0. The zero-order valence-electron chi connectivity index (χ0n) is 22.9. The predicted molar refractivity (Wildman–Crippen MR) is 153 cm³/mol. The van der Waals surface area contributed by atoms with Gasteiger partial charge in [-0.1, -0.05) is 51.8 Å². The van der Waals surface area contributed by atoms with Gasteiger partial charge in [-0.3, -0.25) is 9.59 Å². The molecule has 4 rings (SSSR count). The van der Waals surface area contributed by atoms with Gasteiger partial charge in [0.05, 0.1) is 5.69 Å². The van der Waals surface area contributed by atoms with E-state index < -0.39 is 0 Å². The molecular weight excluding hydrogens is 474 g/mol. The van der Waals surface area contributed by atoms with Crippen LogP contribution in [0.2, 0.25) is 0 Å². The summed E-state index contributed by atoms with van der Waals surface area (Å²) in [7, 11) is 0. The topological polar surface area (TPSA) is 96.0 Å². The van der Waals surface area contributed by atoms with Crippen LogP contribution in [0.15, 0.2) is 60.8 Å². The van der Waals surface area contributed by atoms with Crippen LogP contribution >= 0.6 is 0 Å². The lowest BCUT2D eigenvalue weighted by molar-refractivity contribution is -0.114. The Morgan fingerprint density at radius 3 is 2.58 bits per heavy atom. The maximum absolute atomic E-state index is 13.4. The largest absolute Gasteiger partial charge is 0.347 e. The number of nitrogens with zero attached hydrogens (tertiary/aromatic N) is 2. The number of nitrogens with one attached hydrogen (secondary N) is 3. The number of hydrogen-bond donors (Lipinski definition) is 3. The van der Waals surface area contributed by atoms with Gasteiger partial charge in [-0.25, -0.2) is 9.97 Å². The second kappa shape index (κ2) is 12.2. The predicted octanol–water partition coefficient (Wildman–Crippen LogP) is 6.96. The van der Waals surface area contributed by atoms with Crippen LogP contribution in [0.3, 0.4) is 0 Å². The highest BCUT2D eigenvalue weighted by atomic mass is 16.2. The SMILES string of the molecule is CC(=O)Nc1ccc(-c2ccnc(Nc3cccc(C(=O)NC4(CCC(C)C)CCC[C@@H](C)C4)c3)n2)cc1. The fourth-order valence-corrected chi connectivity index (χ4v) is 5.32. The molecule has 7 nitrogen and oxygen atoms in total. The molecule has 0 aliphatic heterocycles. The summed E-state index contributed by atoms with van der Waals surface area (Å²) in [6.45, 7) is 8.27. The number of hydrogen-bond acceptors (Lipinski definition) is 5. The smallest absolute Gasteiger partial charge is 0.251 e. The Balaban J connectivity index is 1.47. The van der Waals surface area contributed by atoms with Crippen molar-refractivity contribution in [3.63, 3.8) is 0 Å². The molecule has 0 saturated heterocycles. The molecule has 2 aromatic carbocycles. The zero-order valence-corrected chi connectivity index (χ0v) is 22.9. The molecule has 1 aliphatic rings. The molecule has 1 heterocycles. The van der Waals surface area contributed by atoms with Gasteiger partial charge >= 0.3 is 0 Å². The van der Waals surface area contributed by atoms with Gasteiger partial charge in [0.1, 0.15) is 0 Å². The van der Waals surface area contributed by atoms with E-state index in [0.717, 1.165) is 54.7 Å². The lowest BCUT2D eigenvalue weighted by atomic mass is 9.73. The van der Waals surface area contributed by atoms with Crippen LogP contribution in [0.5, 0.6) is 0 Å². The Hall–Kier alpha value is -3.74. The Labute approximate surface area is 225 Å². The van der Waals surface area contributed by atoms with Crippen molar-refractivity contribution in [2.24, 2.45) is 11.8 Å². The van der Waals surface area contributed by atoms with Crippen LogP contribution in [-0.2, 0) is 4.79 Å². The van der Waals surface area contributed by atoms with Crippen LogP contribution in [0, 0.1) is 11.8 Å². The lowest BCUT2D eigenvalue weighted by Crippen LogP contribution is -2.51. The van der Waals surface area contributed by atoms with E-state index in [1.165, 1.54) is 13.3 Å². The van der Waals surface area contributed by atoms with Crippen molar-refractivity contribution in [3.8, 4) is 11.3 Å². The van der Waals surface area contributed by atoms with Gasteiger partial charge in [-0.15, -0.1) is 0 Å². The summed E-state index contributed by atoms with van der Waals surface area (Å²) in [5.74, 6) is 1.54. The van der Waals surface area contributed by atoms with E-state index in [4.69, 9.17) is 0 Å². The lowest BCUT2D eigenvalue weighted by Gasteiger charge is -2.41. The van der Waals surface area contributed by atoms with E-state index in [0.29, 0.717) is 23.3 Å². The molecule has 1 aromatic heterocycles. The maximum atomic E-state index is 13.4. The zero-order chi connectivity index (χ0) is 27.1. The van der Waals surface area contributed by atoms with Crippen LogP contribution < -0.4 is 16.0 Å². The molecule has 1 unspecified atom stereocenters. The fraction of sp³-hybridized carbons (Fsp3) is 0.419. The molecule has 1 aliphatic carbocycles.